The van der Waals surface area contributed by atoms with Crippen molar-refractivity contribution in [2.75, 3.05) is 6.54 Å². The molecule has 0 aliphatic heterocycles. The summed E-state index contributed by atoms with van der Waals surface area (Å²) in [5.41, 5.74) is 1.20. The van der Waals surface area contributed by atoms with Gasteiger partial charge in [0.05, 0.1) is 6.20 Å². The van der Waals surface area contributed by atoms with Crippen molar-refractivity contribution < 1.29 is 9.90 Å². The van der Waals surface area contributed by atoms with Crippen LogP contribution in [0.5, 0.6) is 0 Å². The van der Waals surface area contributed by atoms with E-state index in [1.54, 1.807) is 10.7 Å². The molecule has 0 fully saturated rings. The van der Waals surface area contributed by atoms with Gasteiger partial charge in [0.25, 0.3) is 0 Å². The Kier molecular flexibility index (Phi) is 4.11. The fourth-order valence-corrected chi connectivity index (χ4v) is 2.45. The lowest BCUT2D eigenvalue weighted by molar-refractivity contribution is 0.0702. The third-order valence-electron chi connectivity index (χ3n) is 2.52. The molecule has 0 atom stereocenters. The number of carbonyl (C=O) groups is 1. The lowest BCUT2D eigenvalue weighted by Gasteiger charge is -2.00. The summed E-state index contributed by atoms with van der Waals surface area (Å²) in [7, 11) is 1.90. The SMILES string of the molecule is Cn1cc(CCNCc2ccc(C(=O)O)s2)cn1. The molecule has 0 spiro atoms. The summed E-state index contributed by atoms with van der Waals surface area (Å²) in [6.45, 7) is 1.56. The Morgan fingerprint density at radius 2 is 2.39 bits per heavy atom. The number of thiophene rings is 1. The van der Waals surface area contributed by atoms with E-state index in [2.05, 4.69) is 10.4 Å². The maximum absolute atomic E-state index is 10.7. The minimum Gasteiger partial charge on any atom is -0.477 e. The summed E-state index contributed by atoms with van der Waals surface area (Å²) in [5.74, 6) is -0.860. The molecule has 0 saturated heterocycles. The number of carboxylic acids is 1. The second-order valence-corrected chi connectivity index (χ2v) is 5.19. The van der Waals surface area contributed by atoms with Gasteiger partial charge in [-0.05, 0) is 30.7 Å². The Labute approximate surface area is 109 Å². The van der Waals surface area contributed by atoms with Crippen molar-refractivity contribution in [2.45, 2.75) is 13.0 Å². The largest absolute Gasteiger partial charge is 0.477 e. The van der Waals surface area contributed by atoms with Gasteiger partial charge in [-0.25, -0.2) is 4.79 Å². The van der Waals surface area contributed by atoms with Crippen LogP contribution in [0.4, 0.5) is 0 Å². The highest BCUT2D eigenvalue weighted by Crippen LogP contribution is 2.15. The van der Waals surface area contributed by atoms with Crippen molar-refractivity contribution in [2.24, 2.45) is 7.05 Å². The van der Waals surface area contributed by atoms with Crippen LogP contribution in [0.2, 0.25) is 0 Å². The van der Waals surface area contributed by atoms with E-state index in [4.69, 9.17) is 5.11 Å². The predicted molar refractivity (Wildman–Crippen MR) is 69.9 cm³/mol. The van der Waals surface area contributed by atoms with E-state index in [0.717, 1.165) is 17.8 Å². The number of hydrogen-bond donors (Lipinski definition) is 2. The van der Waals surface area contributed by atoms with Gasteiger partial charge < -0.3 is 10.4 Å². The number of aryl methyl sites for hydroxylation is 1. The van der Waals surface area contributed by atoms with Crippen LogP contribution >= 0.6 is 11.3 Å². The quantitative estimate of drug-likeness (QED) is 0.777. The maximum atomic E-state index is 10.7. The molecule has 0 amide bonds. The topological polar surface area (TPSA) is 67.2 Å². The highest BCUT2D eigenvalue weighted by Gasteiger charge is 2.06. The number of rotatable bonds is 6. The number of hydrogen-bond acceptors (Lipinski definition) is 4. The first-order valence-corrected chi connectivity index (χ1v) is 6.47. The van der Waals surface area contributed by atoms with Gasteiger partial charge >= 0.3 is 5.97 Å². The fourth-order valence-electron chi connectivity index (χ4n) is 1.63. The Balaban J connectivity index is 1.73. The van der Waals surface area contributed by atoms with Crippen molar-refractivity contribution >= 4 is 17.3 Å². The van der Waals surface area contributed by atoms with Gasteiger partial charge in [0.15, 0.2) is 0 Å². The van der Waals surface area contributed by atoms with Crippen LogP contribution in [0.25, 0.3) is 0 Å². The lowest BCUT2D eigenvalue weighted by Crippen LogP contribution is -2.15. The van der Waals surface area contributed by atoms with Crippen molar-refractivity contribution in [3.63, 3.8) is 0 Å². The number of carboxylic acid groups (broad SMARTS) is 1. The minimum atomic E-state index is -0.860. The van der Waals surface area contributed by atoms with Gasteiger partial charge in [-0.15, -0.1) is 11.3 Å². The van der Waals surface area contributed by atoms with Crippen molar-refractivity contribution in [3.05, 3.63) is 39.8 Å². The summed E-state index contributed by atoms with van der Waals surface area (Å²) < 4.78 is 1.79. The summed E-state index contributed by atoms with van der Waals surface area (Å²) in [4.78, 5) is 12.1. The standard InChI is InChI=1S/C12H15N3O2S/c1-15-8-9(6-14-15)4-5-13-7-10-2-3-11(18-10)12(16)17/h2-3,6,8,13H,4-5,7H2,1H3,(H,16,17). The third-order valence-corrected chi connectivity index (χ3v) is 3.59. The average molecular weight is 265 g/mol. The van der Waals surface area contributed by atoms with Gasteiger partial charge in [0, 0.05) is 24.7 Å². The van der Waals surface area contributed by atoms with E-state index in [-0.39, 0.29) is 0 Å². The Hall–Kier alpha value is -1.66. The van der Waals surface area contributed by atoms with Gasteiger partial charge in [-0.2, -0.15) is 5.10 Å². The molecule has 0 aromatic carbocycles. The average Bonchev–Trinajstić information content (AvgIpc) is 2.93. The summed E-state index contributed by atoms with van der Waals surface area (Å²) in [5, 5.41) is 16.2. The maximum Gasteiger partial charge on any atom is 0.345 e. The number of nitrogens with one attached hydrogen (secondary N) is 1. The molecule has 0 aliphatic carbocycles. The summed E-state index contributed by atoms with van der Waals surface area (Å²) in [6.07, 6.45) is 4.77. The molecule has 2 rings (SSSR count). The molecule has 96 valence electrons. The molecule has 0 unspecified atom stereocenters. The zero-order valence-corrected chi connectivity index (χ0v) is 10.9. The molecule has 2 heterocycles. The van der Waals surface area contributed by atoms with Crippen LogP contribution in [-0.2, 0) is 20.0 Å². The molecule has 0 saturated carbocycles. The van der Waals surface area contributed by atoms with E-state index in [9.17, 15) is 4.79 Å². The van der Waals surface area contributed by atoms with Crippen LogP contribution in [0.3, 0.4) is 0 Å². The van der Waals surface area contributed by atoms with Crippen molar-refractivity contribution in [3.8, 4) is 0 Å². The number of aromatic carboxylic acids is 1. The van der Waals surface area contributed by atoms with E-state index < -0.39 is 5.97 Å². The van der Waals surface area contributed by atoms with Gasteiger partial charge in [-0.3, -0.25) is 4.68 Å². The third kappa shape index (κ3) is 3.41. The molecule has 0 aliphatic rings. The zero-order valence-electron chi connectivity index (χ0n) is 10.1. The smallest absolute Gasteiger partial charge is 0.345 e. The monoisotopic (exact) mass is 265 g/mol. The Bertz CT molecular complexity index is 533. The summed E-state index contributed by atoms with van der Waals surface area (Å²) in [6, 6.07) is 3.50. The second-order valence-electron chi connectivity index (χ2n) is 4.02. The fraction of sp³-hybridized carbons (Fsp3) is 0.333. The molecule has 18 heavy (non-hydrogen) atoms. The van der Waals surface area contributed by atoms with Gasteiger partial charge in [-0.1, -0.05) is 0 Å². The molecular weight excluding hydrogens is 250 g/mol. The molecule has 5 nitrogen and oxygen atoms in total. The highest BCUT2D eigenvalue weighted by molar-refractivity contribution is 7.13. The minimum absolute atomic E-state index is 0.388. The van der Waals surface area contributed by atoms with Crippen LogP contribution in [0.15, 0.2) is 24.5 Å². The van der Waals surface area contributed by atoms with E-state index in [0.29, 0.717) is 11.4 Å². The van der Waals surface area contributed by atoms with Crippen molar-refractivity contribution in [1.82, 2.24) is 15.1 Å². The molecule has 6 heteroatoms. The molecule has 2 N–H and O–H groups in total. The van der Waals surface area contributed by atoms with E-state index in [1.807, 2.05) is 25.5 Å². The molecule has 0 radical (unpaired) electrons. The lowest BCUT2D eigenvalue weighted by atomic mass is 10.2. The highest BCUT2D eigenvalue weighted by atomic mass is 32.1. The van der Waals surface area contributed by atoms with E-state index >= 15 is 0 Å². The first-order chi connectivity index (χ1) is 8.65. The number of aromatic nitrogens is 2. The number of nitrogens with zero attached hydrogens (tertiary/aromatic N) is 2. The zero-order chi connectivity index (χ0) is 13.0. The molecule has 2 aromatic heterocycles. The Morgan fingerprint density at radius 1 is 1.56 bits per heavy atom. The second kappa shape index (κ2) is 5.79. The van der Waals surface area contributed by atoms with E-state index in [1.165, 1.54) is 16.9 Å². The molecule has 2 aromatic rings. The first kappa shape index (κ1) is 12.8. The van der Waals surface area contributed by atoms with Crippen LogP contribution in [0, 0.1) is 0 Å². The van der Waals surface area contributed by atoms with Crippen LogP contribution < -0.4 is 5.32 Å². The Morgan fingerprint density at radius 3 is 3.00 bits per heavy atom. The van der Waals surface area contributed by atoms with Crippen LogP contribution in [0.1, 0.15) is 20.1 Å². The van der Waals surface area contributed by atoms with Crippen LogP contribution in [-0.4, -0.2) is 27.4 Å². The van der Waals surface area contributed by atoms with Crippen molar-refractivity contribution in [1.29, 1.82) is 0 Å². The summed E-state index contributed by atoms with van der Waals surface area (Å²) >= 11 is 1.31. The first-order valence-electron chi connectivity index (χ1n) is 5.65. The predicted octanol–water partition coefficient (Wildman–Crippen LogP) is 1.51. The van der Waals surface area contributed by atoms with Gasteiger partial charge in [0.2, 0.25) is 0 Å². The molecule has 0 bridgehead atoms. The molecular formula is C12H15N3O2S. The van der Waals surface area contributed by atoms with Gasteiger partial charge in [0.1, 0.15) is 4.88 Å². The normalized spacial score (nSPS) is 10.7.